The number of rotatable bonds is 7. The minimum Gasteiger partial charge on any atom is -0.377 e. The molecule has 0 spiro atoms. The average Bonchev–Trinajstić information content (AvgIpc) is 3.11. The zero-order valence-corrected chi connectivity index (χ0v) is 16.5. The lowest BCUT2D eigenvalue weighted by Crippen LogP contribution is -2.68. The van der Waals surface area contributed by atoms with Gasteiger partial charge >= 0.3 is 0 Å². The summed E-state index contributed by atoms with van der Waals surface area (Å²) < 4.78 is 11.8. The van der Waals surface area contributed by atoms with Crippen molar-refractivity contribution in [3.05, 3.63) is 35.9 Å². The maximum absolute atomic E-state index is 5.93. The van der Waals surface area contributed by atoms with Crippen LogP contribution in [0.1, 0.15) is 45.3 Å². The van der Waals surface area contributed by atoms with E-state index in [9.17, 15) is 0 Å². The average molecular weight is 360 g/mol. The van der Waals surface area contributed by atoms with Crippen molar-refractivity contribution in [2.24, 2.45) is 16.3 Å². The molecule has 0 radical (unpaired) electrons. The number of nitrogens with zero attached hydrogens (tertiary/aromatic N) is 1. The summed E-state index contributed by atoms with van der Waals surface area (Å²) in [5.41, 5.74) is 1.38. The summed E-state index contributed by atoms with van der Waals surface area (Å²) in [5, 5.41) is 7.03. The predicted molar refractivity (Wildman–Crippen MR) is 105 cm³/mol. The summed E-state index contributed by atoms with van der Waals surface area (Å²) in [6, 6.07) is 10.8. The SMILES string of the molecule is CN=C(NCCCOC(C)c1ccccc1)NC1C2CCOC2C1(C)C. The third kappa shape index (κ3) is 4.04. The third-order valence-electron chi connectivity index (χ3n) is 5.87. The number of hydrogen-bond acceptors (Lipinski definition) is 3. The Labute approximate surface area is 157 Å². The highest BCUT2D eigenvalue weighted by Gasteiger charge is 2.59. The molecule has 4 atom stereocenters. The lowest BCUT2D eigenvalue weighted by atomic mass is 9.57. The minimum absolute atomic E-state index is 0.128. The monoisotopic (exact) mass is 359 g/mol. The minimum atomic E-state index is 0.128. The van der Waals surface area contributed by atoms with Gasteiger partial charge in [-0.3, -0.25) is 4.99 Å². The Balaban J connectivity index is 1.36. The Bertz CT molecular complexity index is 603. The highest BCUT2D eigenvalue weighted by Crippen LogP contribution is 2.52. The first kappa shape index (κ1) is 19.2. The van der Waals surface area contributed by atoms with E-state index in [1.54, 1.807) is 0 Å². The van der Waals surface area contributed by atoms with E-state index in [-0.39, 0.29) is 11.5 Å². The highest BCUT2D eigenvalue weighted by molar-refractivity contribution is 5.80. The van der Waals surface area contributed by atoms with Crippen LogP contribution in [0.25, 0.3) is 0 Å². The van der Waals surface area contributed by atoms with Gasteiger partial charge in [0.15, 0.2) is 5.96 Å². The number of benzene rings is 1. The van der Waals surface area contributed by atoms with E-state index in [2.05, 4.69) is 48.5 Å². The van der Waals surface area contributed by atoms with E-state index in [4.69, 9.17) is 9.47 Å². The summed E-state index contributed by atoms with van der Waals surface area (Å²) in [6.45, 7) is 9.13. The van der Waals surface area contributed by atoms with E-state index in [1.165, 1.54) is 5.56 Å². The van der Waals surface area contributed by atoms with Crippen LogP contribution in [0, 0.1) is 11.3 Å². The van der Waals surface area contributed by atoms with E-state index >= 15 is 0 Å². The van der Waals surface area contributed by atoms with Gasteiger partial charge in [-0.2, -0.15) is 0 Å². The maximum atomic E-state index is 5.93. The lowest BCUT2D eigenvalue weighted by Gasteiger charge is -2.54. The van der Waals surface area contributed by atoms with Crippen molar-refractivity contribution in [2.75, 3.05) is 26.8 Å². The topological polar surface area (TPSA) is 54.9 Å². The van der Waals surface area contributed by atoms with Crippen LogP contribution in [0.3, 0.4) is 0 Å². The first-order valence-corrected chi connectivity index (χ1v) is 9.79. The summed E-state index contributed by atoms with van der Waals surface area (Å²) in [4.78, 5) is 4.38. The van der Waals surface area contributed by atoms with E-state index in [1.807, 2.05) is 25.2 Å². The van der Waals surface area contributed by atoms with Crippen molar-refractivity contribution in [3.63, 3.8) is 0 Å². The summed E-state index contributed by atoms with van der Waals surface area (Å²) in [7, 11) is 1.83. The van der Waals surface area contributed by atoms with E-state index in [0.29, 0.717) is 18.1 Å². The Morgan fingerprint density at radius 3 is 2.85 bits per heavy atom. The second kappa shape index (κ2) is 8.40. The number of nitrogens with one attached hydrogen (secondary N) is 2. The maximum Gasteiger partial charge on any atom is 0.191 e. The van der Waals surface area contributed by atoms with Crippen LogP contribution in [0.2, 0.25) is 0 Å². The van der Waals surface area contributed by atoms with Gasteiger partial charge < -0.3 is 20.1 Å². The summed E-state index contributed by atoms with van der Waals surface area (Å²) >= 11 is 0. The molecule has 1 saturated heterocycles. The van der Waals surface area contributed by atoms with Crippen LogP contribution in [0.15, 0.2) is 35.3 Å². The number of guanidine groups is 1. The molecule has 1 aliphatic heterocycles. The van der Waals surface area contributed by atoms with Gasteiger partial charge in [-0.05, 0) is 25.3 Å². The second-order valence-corrected chi connectivity index (χ2v) is 7.96. The Morgan fingerprint density at radius 1 is 1.35 bits per heavy atom. The van der Waals surface area contributed by atoms with Gasteiger partial charge in [0.2, 0.25) is 0 Å². The molecule has 0 amide bonds. The molecule has 1 aromatic carbocycles. The van der Waals surface area contributed by atoms with Gasteiger partial charge in [0.05, 0.1) is 12.2 Å². The van der Waals surface area contributed by atoms with Crippen molar-refractivity contribution in [2.45, 2.75) is 51.9 Å². The standard InChI is InChI=1S/C21H33N3O2/c1-15(16-9-6-5-7-10-16)25-13-8-12-23-20(22-4)24-18-17-11-14-26-19(17)21(18,2)3/h5-7,9-10,15,17-19H,8,11-14H2,1-4H3,(H2,22,23,24). The lowest BCUT2D eigenvalue weighted by molar-refractivity contribution is -0.106. The van der Waals surface area contributed by atoms with Crippen LogP contribution in [-0.2, 0) is 9.47 Å². The van der Waals surface area contributed by atoms with Crippen molar-refractivity contribution in [1.82, 2.24) is 10.6 Å². The molecule has 0 bridgehead atoms. The quantitative estimate of drug-likeness (QED) is 0.446. The van der Waals surface area contributed by atoms with Crippen molar-refractivity contribution in [1.29, 1.82) is 0 Å². The van der Waals surface area contributed by atoms with Crippen molar-refractivity contribution >= 4 is 5.96 Å². The molecule has 3 rings (SSSR count). The molecular formula is C21H33N3O2. The molecule has 0 aromatic heterocycles. The number of hydrogen-bond donors (Lipinski definition) is 2. The van der Waals surface area contributed by atoms with Gasteiger partial charge in [-0.1, -0.05) is 44.2 Å². The van der Waals surface area contributed by atoms with Crippen LogP contribution in [0.5, 0.6) is 0 Å². The van der Waals surface area contributed by atoms with Crippen LogP contribution in [-0.4, -0.2) is 44.9 Å². The summed E-state index contributed by atoms with van der Waals surface area (Å²) in [5.74, 6) is 1.49. The largest absolute Gasteiger partial charge is 0.377 e. The van der Waals surface area contributed by atoms with Crippen LogP contribution < -0.4 is 10.6 Å². The normalized spacial score (nSPS) is 28.2. The van der Waals surface area contributed by atoms with Crippen LogP contribution in [0.4, 0.5) is 0 Å². The second-order valence-electron chi connectivity index (χ2n) is 7.96. The fraction of sp³-hybridized carbons (Fsp3) is 0.667. The molecule has 1 heterocycles. The molecule has 5 heteroatoms. The Kier molecular flexibility index (Phi) is 6.20. The fourth-order valence-electron chi connectivity index (χ4n) is 4.32. The first-order chi connectivity index (χ1) is 12.5. The molecule has 4 unspecified atom stereocenters. The fourth-order valence-corrected chi connectivity index (χ4v) is 4.32. The zero-order chi connectivity index (χ0) is 18.6. The van der Waals surface area contributed by atoms with Crippen LogP contribution >= 0.6 is 0 Å². The number of aliphatic imine (C=N–C) groups is 1. The highest BCUT2D eigenvalue weighted by atomic mass is 16.5. The van der Waals surface area contributed by atoms with E-state index in [0.717, 1.165) is 38.6 Å². The Morgan fingerprint density at radius 2 is 2.12 bits per heavy atom. The summed E-state index contributed by atoms with van der Waals surface area (Å²) in [6.07, 6.45) is 2.62. The molecule has 1 aromatic rings. The van der Waals surface area contributed by atoms with Gasteiger partial charge in [0.1, 0.15) is 0 Å². The molecule has 1 saturated carbocycles. The Hall–Kier alpha value is -1.59. The predicted octanol–water partition coefficient (Wildman–Crippen LogP) is 3.13. The van der Waals surface area contributed by atoms with Gasteiger partial charge in [0, 0.05) is 44.2 Å². The molecule has 5 nitrogen and oxygen atoms in total. The van der Waals surface area contributed by atoms with Gasteiger partial charge in [-0.25, -0.2) is 0 Å². The molecule has 2 fully saturated rings. The van der Waals surface area contributed by atoms with Gasteiger partial charge in [-0.15, -0.1) is 0 Å². The third-order valence-corrected chi connectivity index (χ3v) is 5.87. The number of ether oxygens (including phenoxy) is 2. The molecule has 26 heavy (non-hydrogen) atoms. The number of fused-ring (bicyclic) bond motifs is 1. The van der Waals surface area contributed by atoms with E-state index < -0.39 is 0 Å². The molecule has 144 valence electrons. The zero-order valence-electron chi connectivity index (χ0n) is 16.5. The van der Waals surface area contributed by atoms with Crippen molar-refractivity contribution in [3.8, 4) is 0 Å². The molecular weight excluding hydrogens is 326 g/mol. The van der Waals surface area contributed by atoms with Gasteiger partial charge in [0.25, 0.3) is 0 Å². The molecule has 1 aliphatic carbocycles. The smallest absolute Gasteiger partial charge is 0.191 e. The molecule has 2 aliphatic rings. The first-order valence-electron chi connectivity index (χ1n) is 9.79. The molecule has 2 N–H and O–H groups in total. The van der Waals surface area contributed by atoms with Crippen molar-refractivity contribution < 1.29 is 9.47 Å².